The van der Waals surface area contributed by atoms with Crippen LogP contribution in [-0.4, -0.2) is 21.8 Å². The fourth-order valence-electron chi connectivity index (χ4n) is 1.92. The first-order valence-electron chi connectivity index (χ1n) is 5.44. The zero-order valence-electron chi connectivity index (χ0n) is 8.20. The van der Waals surface area contributed by atoms with Crippen LogP contribution >= 0.6 is 0 Å². The van der Waals surface area contributed by atoms with E-state index in [9.17, 15) is 0 Å². The van der Waals surface area contributed by atoms with Crippen LogP contribution in [0.4, 0.5) is 0 Å². The normalized spacial score (nSPS) is 27.0. The van der Waals surface area contributed by atoms with Crippen LogP contribution in [0.1, 0.15) is 43.4 Å². The van der Waals surface area contributed by atoms with E-state index in [0.29, 0.717) is 0 Å². The Morgan fingerprint density at radius 3 is 3.00 bits per heavy atom. The lowest BCUT2D eigenvalue weighted by Crippen LogP contribution is -1.98. The summed E-state index contributed by atoms with van der Waals surface area (Å²) < 4.78 is 5.53. The topological polar surface area (TPSA) is 50.8 Å². The molecule has 1 aliphatic carbocycles. The third kappa shape index (κ3) is 1.66. The van der Waals surface area contributed by atoms with E-state index >= 15 is 0 Å². The maximum atomic E-state index is 5.53. The highest BCUT2D eigenvalue weighted by atomic mass is 16.5. The highest BCUT2D eigenvalue weighted by molar-refractivity contribution is 4.98. The second kappa shape index (κ2) is 3.35. The quantitative estimate of drug-likeness (QED) is 0.793. The van der Waals surface area contributed by atoms with Crippen LogP contribution in [-0.2, 0) is 11.2 Å². The molecule has 4 nitrogen and oxygen atoms in total. The minimum absolute atomic E-state index is 0.152. The van der Waals surface area contributed by atoms with Gasteiger partial charge in [0.05, 0.1) is 0 Å². The van der Waals surface area contributed by atoms with E-state index in [0.717, 1.165) is 43.4 Å². The van der Waals surface area contributed by atoms with Gasteiger partial charge in [-0.2, -0.15) is 5.10 Å². The van der Waals surface area contributed by atoms with Crippen LogP contribution in [0, 0.1) is 5.92 Å². The average molecular weight is 193 g/mol. The summed E-state index contributed by atoms with van der Waals surface area (Å²) in [6.45, 7) is 0.858. The van der Waals surface area contributed by atoms with E-state index in [1.165, 1.54) is 12.8 Å². The zero-order chi connectivity index (χ0) is 9.38. The summed E-state index contributed by atoms with van der Waals surface area (Å²) in [6.07, 6.45) is 6.14. The predicted molar refractivity (Wildman–Crippen MR) is 50.7 cm³/mol. The standard InChI is InChI=1S/C10H15N3O/c1-2-8(14-5-1)10-11-9(12-13-10)6-7-3-4-7/h7-8H,1-6H2,(H,11,12,13)/t8-/m0/s1. The third-order valence-corrected chi connectivity index (χ3v) is 2.95. The smallest absolute Gasteiger partial charge is 0.179 e. The lowest BCUT2D eigenvalue weighted by Gasteiger charge is -2.01. The molecule has 4 heteroatoms. The molecule has 1 aromatic rings. The number of nitrogens with one attached hydrogen (secondary N) is 1. The molecule has 3 rings (SSSR count). The fourth-order valence-corrected chi connectivity index (χ4v) is 1.92. The Bertz CT molecular complexity index is 313. The van der Waals surface area contributed by atoms with E-state index in [1.807, 2.05) is 0 Å². The van der Waals surface area contributed by atoms with Gasteiger partial charge in [-0.05, 0) is 31.6 Å². The van der Waals surface area contributed by atoms with Crippen molar-refractivity contribution in [2.45, 2.75) is 38.2 Å². The van der Waals surface area contributed by atoms with Crippen LogP contribution in [0.3, 0.4) is 0 Å². The van der Waals surface area contributed by atoms with Gasteiger partial charge in [-0.3, -0.25) is 5.10 Å². The lowest BCUT2D eigenvalue weighted by atomic mass is 10.2. The molecular weight excluding hydrogens is 178 g/mol. The van der Waals surface area contributed by atoms with Crippen molar-refractivity contribution in [2.24, 2.45) is 5.92 Å². The van der Waals surface area contributed by atoms with E-state index in [4.69, 9.17) is 4.74 Å². The van der Waals surface area contributed by atoms with Gasteiger partial charge in [-0.15, -0.1) is 0 Å². The highest BCUT2D eigenvalue weighted by Crippen LogP contribution is 2.32. The second-order valence-corrected chi connectivity index (χ2v) is 4.29. The van der Waals surface area contributed by atoms with Gasteiger partial charge in [0.2, 0.25) is 0 Å². The van der Waals surface area contributed by atoms with E-state index < -0.39 is 0 Å². The molecule has 0 amide bonds. The largest absolute Gasteiger partial charge is 0.370 e. The van der Waals surface area contributed by atoms with Crippen LogP contribution < -0.4 is 0 Å². The number of aromatic nitrogens is 3. The van der Waals surface area contributed by atoms with E-state index in [2.05, 4.69) is 15.2 Å². The maximum absolute atomic E-state index is 5.53. The Kier molecular flexibility index (Phi) is 2.01. The summed E-state index contributed by atoms with van der Waals surface area (Å²) in [4.78, 5) is 4.48. The molecule has 0 bridgehead atoms. The third-order valence-electron chi connectivity index (χ3n) is 2.95. The minimum atomic E-state index is 0.152. The maximum Gasteiger partial charge on any atom is 0.179 e. The summed E-state index contributed by atoms with van der Waals surface area (Å²) in [6, 6.07) is 0. The number of rotatable bonds is 3. The molecule has 14 heavy (non-hydrogen) atoms. The summed E-state index contributed by atoms with van der Waals surface area (Å²) in [5, 5.41) is 7.23. The number of ether oxygens (including phenoxy) is 1. The summed E-state index contributed by atoms with van der Waals surface area (Å²) in [7, 11) is 0. The van der Waals surface area contributed by atoms with E-state index in [-0.39, 0.29) is 6.10 Å². The van der Waals surface area contributed by atoms with Gasteiger partial charge in [0.15, 0.2) is 5.82 Å². The number of H-pyrrole nitrogens is 1. The van der Waals surface area contributed by atoms with Gasteiger partial charge in [-0.1, -0.05) is 0 Å². The zero-order valence-corrected chi connectivity index (χ0v) is 8.20. The highest BCUT2D eigenvalue weighted by Gasteiger charge is 2.25. The molecule has 2 aliphatic rings. The Hall–Kier alpha value is -0.900. The summed E-state index contributed by atoms with van der Waals surface area (Å²) >= 11 is 0. The molecule has 0 spiro atoms. The summed E-state index contributed by atoms with van der Waals surface area (Å²) in [5.41, 5.74) is 0. The monoisotopic (exact) mass is 193 g/mol. The molecule has 1 atom stereocenters. The number of nitrogens with zero attached hydrogens (tertiary/aromatic N) is 2. The van der Waals surface area contributed by atoms with Gasteiger partial charge in [-0.25, -0.2) is 4.98 Å². The van der Waals surface area contributed by atoms with Gasteiger partial charge in [0.25, 0.3) is 0 Å². The van der Waals surface area contributed by atoms with Gasteiger partial charge < -0.3 is 4.74 Å². The van der Waals surface area contributed by atoms with Crippen LogP contribution in [0.2, 0.25) is 0 Å². The molecule has 1 saturated carbocycles. The van der Waals surface area contributed by atoms with Crippen LogP contribution in [0.5, 0.6) is 0 Å². The molecular formula is C10H15N3O. The van der Waals surface area contributed by atoms with Crippen molar-refractivity contribution in [1.82, 2.24) is 15.2 Å². The fraction of sp³-hybridized carbons (Fsp3) is 0.800. The number of aromatic amines is 1. The Balaban J connectivity index is 1.68. The van der Waals surface area contributed by atoms with Crippen molar-refractivity contribution in [1.29, 1.82) is 0 Å². The molecule has 0 aromatic carbocycles. The van der Waals surface area contributed by atoms with Gasteiger partial charge >= 0.3 is 0 Å². The van der Waals surface area contributed by atoms with Crippen LogP contribution in [0.25, 0.3) is 0 Å². The molecule has 2 fully saturated rings. The predicted octanol–water partition coefficient (Wildman–Crippen LogP) is 1.61. The second-order valence-electron chi connectivity index (χ2n) is 4.29. The van der Waals surface area contributed by atoms with Crippen molar-refractivity contribution in [3.8, 4) is 0 Å². The van der Waals surface area contributed by atoms with Crippen LogP contribution in [0.15, 0.2) is 0 Å². The first-order valence-corrected chi connectivity index (χ1v) is 5.44. The minimum Gasteiger partial charge on any atom is -0.370 e. The summed E-state index contributed by atoms with van der Waals surface area (Å²) in [5.74, 6) is 2.76. The van der Waals surface area contributed by atoms with Crippen molar-refractivity contribution < 1.29 is 4.74 Å². The first kappa shape index (κ1) is 8.41. The van der Waals surface area contributed by atoms with Crippen molar-refractivity contribution in [3.05, 3.63) is 11.6 Å². The van der Waals surface area contributed by atoms with Crippen molar-refractivity contribution >= 4 is 0 Å². The van der Waals surface area contributed by atoms with Crippen molar-refractivity contribution in [3.63, 3.8) is 0 Å². The Labute approximate surface area is 83.1 Å². The molecule has 0 unspecified atom stereocenters. The van der Waals surface area contributed by atoms with Crippen molar-refractivity contribution in [2.75, 3.05) is 6.61 Å². The Morgan fingerprint density at radius 1 is 1.36 bits per heavy atom. The number of hydrogen-bond donors (Lipinski definition) is 1. The Morgan fingerprint density at radius 2 is 2.29 bits per heavy atom. The average Bonchev–Trinajstić information content (AvgIpc) is 2.71. The first-order chi connectivity index (χ1) is 6.92. The van der Waals surface area contributed by atoms with Gasteiger partial charge in [0.1, 0.15) is 11.9 Å². The van der Waals surface area contributed by atoms with E-state index in [1.54, 1.807) is 0 Å². The molecule has 0 radical (unpaired) electrons. The molecule has 1 aliphatic heterocycles. The molecule has 2 heterocycles. The molecule has 1 saturated heterocycles. The molecule has 1 aromatic heterocycles. The van der Waals surface area contributed by atoms with Gasteiger partial charge in [0, 0.05) is 13.0 Å². The molecule has 76 valence electrons. The number of hydrogen-bond acceptors (Lipinski definition) is 3. The SMILES string of the molecule is C1CO[C@H](c2n[nH]c(CC3CC3)n2)C1. The molecule has 1 N–H and O–H groups in total. The lowest BCUT2D eigenvalue weighted by molar-refractivity contribution is 0.105.